The normalized spacial score (nSPS) is 12.7. The lowest BCUT2D eigenvalue weighted by molar-refractivity contribution is -0.121. The number of anilines is 2. The van der Waals surface area contributed by atoms with Crippen LogP contribution in [0.4, 0.5) is 11.4 Å². The summed E-state index contributed by atoms with van der Waals surface area (Å²) < 4.78 is 11.4. The van der Waals surface area contributed by atoms with Crippen molar-refractivity contribution in [3.63, 3.8) is 0 Å². The van der Waals surface area contributed by atoms with Crippen molar-refractivity contribution >= 4 is 34.8 Å². The maximum atomic E-state index is 12.6. The summed E-state index contributed by atoms with van der Waals surface area (Å²) in [6, 6.07) is 20.0. The van der Waals surface area contributed by atoms with E-state index in [2.05, 4.69) is 5.32 Å². The van der Waals surface area contributed by atoms with Crippen LogP contribution in [0.3, 0.4) is 0 Å². The maximum absolute atomic E-state index is 12.6. The third-order valence-corrected chi connectivity index (χ3v) is 5.74. The van der Waals surface area contributed by atoms with Gasteiger partial charge in [0.15, 0.2) is 6.61 Å². The highest BCUT2D eigenvalue weighted by Crippen LogP contribution is 2.35. The summed E-state index contributed by atoms with van der Waals surface area (Å²) in [6.45, 7) is 3.12. The minimum Gasteiger partial charge on any atom is -0.493 e. The number of amides is 2. The van der Waals surface area contributed by atoms with E-state index in [0.29, 0.717) is 40.9 Å². The summed E-state index contributed by atoms with van der Waals surface area (Å²) in [5, 5.41) is 3.22. The van der Waals surface area contributed by atoms with Gasteiger partial charge in [0.25, 0.3) is 11.8 Å². The molecule has 0 unspecified atom stereocenters. The first-order valence-electron chi connectivity index (χ1n) is 10.8. The van der Waals surface area contributed by atoms with Crippen LogP contribution in [0.25, 0.3) is 0 Å². The second-order valence-electron chi connectivity index (χ2n) is 7.77. The second-order valence-corrected chi connectivity index (χ2v) is 8.18. The fraction of sp³-hybridized carbons (Fsp3) is 0.231. The topological polar surface area (TPSA) is 67.9 Å². The van der Waals surface area contributed by atoms with Crippen LogP contribution in [0.2, 0.25) is 5.02 Å². The Balaban J connectivity index is 1.39. The lowest BCUT2D eigenvalue weighted by Crippen LogP contribution is -2.39. The predicted molar refractivity (Wildman–Crippen MR) is 130 cm³/mol. The van der Waals surface area contributed by atoms with Gasteiger partial charge in [0, 0.05) is 12.2 Å². The number of halogens is 1. The van der Waals surface area contributed by atoms with Crippen LogP contribution in [0.1, 0.15) is 28.8 Å². The molecule has 0 saturated heterocycles. The molecule has 1 aliphatic heterocycles. The van der Waals surface area contributed by atoms with Crippen LogP contribution >= 0.6 is 11.6 Å². The van der Waals surface area contributed by atoms with Crippen molar-refractivity contribution < 1.29 is 19.1 Å². The van der Waals surface area contributed by atoms with Gasteiger partial charge in [0.05, 0.1) is 22.9 Å². The Morgan fingerprint density at radius 2 is 1.88 bits per heavy atom. The van der Waals surface area contributed by atoms with E-state index in [9.17, 15) is 9.59 Å². The van der Waals surface area contributed by atoms with Crippen LogP contribution in [0.15, 0.2) is 66.7 Å². The molecular formula is C26H25ClN2O4. The predicted octanol–water partition coefficient (Wildman–Crippen LogP) is 5.49. The number of rotatable bonds is 8. The highest BCUT2D eigenvalue weighted by Gasteiger charge is 2.25. The highest BCUT2D eigenvalue weighted by atomic mass is 35.5. The molecule has 0 spiro atoms. The van der Waals surface area contributed by atoms with Crippen LogP contribution in [-0.2, 0) is 4.79 Å². The summed E-state index contributed by atoms with van der Waals surface area (Å²) in [4.78, 5) is 26.9. The van der Waals surface area contributed by atoms with E-state index in [1.54, 1.807) is 47.4 Å². The van der Waals surface area contributed by atoms with Gasteiger partial charge in [-0.1, -0.05) is 41.9 Å². The Hall–Kier alpha value is -3.51. The fourth-order valence-electron chi connectivity index (χ4n) is 3.64. The van der Waals surface area contributed by atoms with Gasteiger partial charge in [0.2, 0.25) is 0 Å². The van der Waals surface area contributed by atoms with E-state index in [1.165, 1.54) is 0 Å². The molecule has 3 aromatic rings. The average molecular weight is 465 g/mol. The van der Waals surface area contributed by atoms with E-state index in [-0.39, 0.29) is 18.4 Å². The van der Waals surface area contributed by atoms with Gasteiger partial charge in [-0.15, -0.1) is 0 Å². The van der Waals surface area contributed by atoms with Crippen LogP contribution in [-0.4, -0.2) is 31.6 Å². The summed E-state index contributed by atoms with van der Waals surface area (Å²) in [6.07, 6.45) is 1.57. The number of unbranched alkanes of at least 4 members (excludes halogenated alkanes) is 1. The van der Waals surface area contributed by atoms with E-state index >= 15 is 0 Å². The Morgan fingerprint density at radius 1 is 1.09 bits per heavy atom. The van der Waals surface area contributed by atoms with Crippen molar-refractivity contribution in [2.24, 2.45) is 0 Å². The van der Waals surface area contributed by atoms with E-state index in [1.807, 2.05) is 31.2 Å². The molecular weight excluding hydrogens is 440 g/mol. The zero-order chi connectivity index (χ0) is 23.2. The van der Waals surface area contributed by atoms with Crippen molar-refractivity contribution in [1.82, 2.24) is 0 Å². The third-order valence-electron chi connectivity index (χ3n) is 5.41. The molecule has 0 saturated carbocycles. The van der Waals surface area contributed by atoms with Gasteiger partial charge >= 0.3 is 0 Å². The molecule has 0 radical (unpaired) electrons. The number of nitrogens with one attached hydrogen (secondary N) is 1. The number of aryl methyl sites for hydroxylation is 1. The highest BCUT2D eigenvalue weighted by molar-refractivity contribution is 6.34. The quantitative estimate of drug-likeness (QED) is 0.448. The molecule has 3 aromatic carbocycles. The molecule has 0 aliphatic carbocycles. The van der Waals surface area contributed by atoms with E-state index < -0.39 is 0 Å². The minimum atomic E-state index is -0.316. The Bertz CT molecular complexity index is 1160. The van der Waals surface area contributed by atoms with Crippen molar-refractivity contribution in [3.05, 3.63) is 82.9 Å². The molecule has 170 valence electrons. The van der Waals surface area contributed by atoms with Crippen molar-refractivity contribution in [2.45, 2.75) is 19.8 Å². The number of hydrogen-bond donors (Lipinski definition) is 1. The van der Waals surface area contributed by atoms with E-state index in [4.69, 9.17) is 21.1 Å². The molecule has 4 rings (SSSR count). The van der Waals surface area contributed by atoms with Crippen molar-refractivity contribution in [3.8, 4) is 11.5 Å². The lowest BCUT2D eigenvalue weighted by Gasteiger charge is -2.30. The van der Waals surface area contributed by atoms with Crippen molar-refractivity contribution in [1.29, 1.82) is 0 Å². The number of benzene rings is 3. The standard InChI is InChI=1S/C26H25ClN2O4/c1-18-8-2-5-11-23(18)32-15-7-6-14-29-22-16-19(12-13-24(22)33-17-25(29)30)28-26(31)20-9-3-4-10-21(20)27/h2-5,8-13,16H,6-7,14-15,17H2,1H3,(H,28,31). The first-order chi connectivity index (χ1) is 16.0. The van der Waals surface area contributed by atoms with Gasteiger partial charge in [-0.2, -0.15) is 0 Å². The SMILES string of the molecule is Cc1ccccc1OCCCCN1C(=O)COc2ccc(NC(=O)c3ccccc3Cl)cc21. The van der Waals surface area contributed by atoms with Crippen LogP contribution in [0.5, 0.6) is 11.5 Å². The van der Waals surface area contributed by atoms with Gasteiger partial charge in [0.1, 0.15) is 11.5 Å². The number of nitrogens with zero attached hydrogens (tertiary/aromatic N) is 1. The molecule has 1 aliphatic rings. The average Bonchev–Trinajstić information content (AvgIpc) is 2.81. The number of carbonyl (C=O) groups is 2. The fourth-order valence-corrected chi connectivity index (χ4v) is 3.86. The number of fused-ring (bicyclic) bond motifs is 1. The van der Waals surface area contributed by atoms with E-state index in [0.717, 1.165) is 24.2 Å². The molecule has 0 aromatic heterocycles. The van der Waals surface area contributed by atoms with Crippen LogP contribution in [0, 0.1) is 6.92 Å². The summed E-state index contributed by atoms with van der Waals surface area (Å²) in [5.41, 5.74) is 2.68. The maximum Gasteiger partial charge on any atom is 0.265 e. The number of ether oxygens (including phenoxy) is 2. The number of para-hydroxylation sites is 1. The molecule has 2 amide bonds. The number of hydrogen-bond acceptors (Lipinski definition) is 4. The molecule has 6 nitrogen and oxygen atoms in total. The zero-order valence-electron chi connectivity index (χ0n) is 18.3. The smallest absolute Gasteiger partial charge is 0.265 e. The largest absolute Gasteiger partial charge is 0.493 e. The first kappa shape index (κ1) is 22.7. The number of carbonyl (C=O) groups excluding carboxylic acids is 2. The van der Waals surface area contributed by atoms with Gasteiger partial charge < -0.3 is 19.7 Å². The molecule has 0 bridgehead atoms. The summed E-state index contributed by atoms with van der Waals surface area (Å²) in [7, 11) is 0. The molecule has 0 fully saturated rings. The van der Waals surface area contributed by atoms with Gasteiger partial charge in [-0.25, -0.2) is 0 Å². The lowest BCUT2D eigenvalue weighted by atomic mass is 10.1. The zero-order valence-corrected chi connectivity index (χ0v) is 19.1. The minimum absolute atomic E-state index is 0.00195. The van der Waals surface area contributed by atoms with Gasteiger partial charge in [-0.3, -0.25) is 9.59 Å². The summed E-state index contributed by atoms with van der Waals surface area (Å²) >= 11 is 6.13. The Morgan fingerprint density at radius 3 is 2.70 bits per heavy atom. The monoisotopic (exact) mass is 464 g/mol. The first-order valence-corrected chi connectivity index (χ1v) is 11.2. The van der Waals surface area contributed by atoms with Crippen molar-refractivity contribution in [2.75, 3.05) is 30.0 Å². The second kappa shape index (κ2) is 10.4. The Labute approximate surface area is 198 Å². The molecule has 1 N–H and O–H groups in total. The van der Waals surface area contributed by atoms with Gasteiger partial charge in [-0.05, 0) is 61.7 Å². The molecule has 7 heteroatoms. The molecule has 33 heavy (non-hydrogen) atoms. The van der Waals surface area contributed by atoms with Crippen LogP contribution < -0.4 is 19.7 Å². The summed E-state index contributed by atoms with van der Waals surface area (Å²) in [5.74, 6) is 1.06. The Kier molecular flexibility index (Phi) is 7.15. The molecule has 0 atom stereocenters. The third kappa shape index (κ3) is 5.46. The molecule has 1 heterocycles.